The molecule has 0 bridgehead atoms. The van der Waals surface area contributed by atoms with Gasteiger partial charge in [-0.1, -0.05) is 6.92 Å². The summed E-state index contributed by atoms with van der Waals surface area (Å²) in [4.78, 5) is 11.2. The third-order valence-electron chi connectivity index (χ3n) is 3.50. The highest BCUT2D eigenvalue weighted by Crippen LogP contribution is 2.35. The predicted molar refractivity (Wildman–Crippen MR) is 63.4 cm³/mol. The van der Waals surface area contributed by atoms with Crippen molar-refractivity contribution in [2.75, 3.05) is 20.3 Å². The molecule has 8 heteroatoms. The third-order valence-corrected chi connectivity index (χ3v) is 4.42. The first kappa shape index (κ1) is 14.7. The summed E-state index contributed by atoms with van der Waals surface area (Å²) in [5, 5.41) is 0. The summed E-state index contributed by atoms with van der Waals surface area (Å²) in [7, 11) is -2.45. The van der Waals surface area contributed by atoms with Gasteiger partial charge >= 0.3 is 16.4 Å². The summed E-state index contributed by atoms with van der Waals surface area (Å²) < 4.78 is 43.0. The molecule has 2 aliphatic rings. The van der Waals surface area contributed by atoms with Crippen LogP contribution in [0.5, 0.6) is 0 Å². The molecule has 4 atom stereocenters. The van der Waals surface area contributed by atoms with Crippen molar-refractivity contribution in [1.29, 1.82) is 0 Å². The molecule has 0 aromatic carbocycles. The van der Waals surface area contributed by atoms with Crippen LogP contribution in [0.15, 0.2) is 0 Å². The second-order valence-corrected chi connectivity index (χ2v) is 6.00. The molecule has 0 N–H and O–H groups in total. The van der Waals surface area contributed by atoms with Crippen molar-refractivity contribution in [3.8, 4) is 0 Å². The largest absolute Gasteiger partial charge is 0.465 e. The fraction of sp³-hybridized carbons (Fsp3) is 0.909. The highest BCUT2D eigenvalue weighted by molar-refractivity contribution is 7.82. The fourth-order valence-corrected chi connectivity index (χ4v) is 3.62. The predicted octanol–water partition coefficient (Wildman–Crippen LogP) is 0.251. The van der Waals surface area contributed by atoms with Gasteiger partial charge in [-0.15, -0.1) is 0 Å². The number of carbonyl (C=O) groups excluding carboxylic acids is 1. The molecule has 2 saturated heterocycles. The van der Waals surface area contributed by atoms with E-state index in [1.54, 1.807) is 7.11 Å². The molecule has 2 heterocycles. The van der Waals surface area contributed by atoms with Crippen molar-refractivity contribution in [1.82, 2.24) is 0 Å². The summed E-state index contributed by atoms with van der Waals surface area (Å²) in [6, 6.07) is 0. The second-order valence-electron chi connectivity index (χ2n) is 4.80. The SMILES string of the molecule is CCC(COC)C1OS(=O)(=O)OC1C1COC(=O)C1. The molecule has 0 aromatic rings. The lowest BCUT2D eigenvalue weighted by Crippen LogP contribution is -2.38. The first-order chi connectivity index (χ1) is 8.96. The third kappa shape index (κ3) is 3.25. The maximum atomic E-state index is 11.5. The lowest BCUT2D eigenvalue weighted by atomic mass is 9.88. The smallest absolute Gasteiger partial charge is 0.400 e. The molecule has 0 aromatic heterocycles. The van der Waals surface area contributed by atoms with Gasteiger partial charge in [0.1, 0.15) is 12.2 Å². The Balaban J connectivity index is 2.16. The molecular formula is C11H18O7S. The van der Waals surface area contributed by atoms with Gasteiger partial charge in [-0.3, -0.25) is 4.79 Å². The minimum Gasteiger partial charge on any atom is -0.465 e. The van der Waals surface area contributed by atoms with Crippen LogP contribution in [0.4, 0.5) is 0 Å². The van der Waals surface area contributed by atoms with E-state index in [1.165, 1.54) is 0 Å². The van der Waals surface area contributed by atoms with Crippen molar-refractivity contribution in [2.24, 2.45) is 11.8 Å². The number of rotatable bonds is 5. The first-order valence-corrected chi connectivity index (χ1v) is 7.56. The molecular weight excluding hydrogens is 276 g/mol. The number of carbonyl (C=O) groups is 1. The monoisotopic (exact) mass is 294 g/mol. The van der Waals surface area contributed by atoms with E-state index in [9.17, 15) is 13.2 Å². The Morgan fingerprint density at radius 3 is 2.68 bits per heavy atom. The standard InChI is InChI=1S/C11H18O7S/c1-3-7(5-15-2)10-11(18-19(13,14)17-10)8-4-9(12)16-6-8/h7-8,10-11H,3-6H2,1-2H3. The van der Waals surface area contributed by atoms with Crippen molar-refractivity contribution >= 4 is 16.4 Å². The zero-order chi connectivity index (χ0) is 14.0. The van der Waals surface area contributed by atoms with Gasteiger partial charge in [-0.05, 0) is 6.42 Å². The van der Waals surface area contributed by atoms with E-state index >= 15 is 0 Å². The molecule has 2 fully saturated rings. The summed E-state index contributed by atoms with van der Waals surface area (Å²) in [5.74, 6) is -0.736. The van der Waals surface area contributed by atoms with E-state index in [4.69, 9.17) is 17.8 Å². The second kappa shape index (κ2) is 5.74. The zero-order valence-corrected chi connectivity index (χ0v) is 11.7. The van der Waals surface area contributed by atoms with Crippen LogP contribution in [0, 0.1) is 11.8 Å². The Kier molecular flexibility index (Phi) is 4.44. The summed E-state index contributed by atoms with van der Waals surface area (Å²) >= 11 is 0. The van der Waals surface area contributed by atoms with Gasteiger partial charge in [-0.25, -0.2) is 8.37 Å². The van der Waals surface area contributed by atoms with Gasteiger partial charge in [0.15, 0.2) is 0 Å². The minimum absolute atomic E-state index is 0.108. The molecule has 110 valence electrons. The average Bonchev–Trinajstić information content (AvgIpc) is 2.89. The highest BCUT2D eigenvalue weighted by Gasteiger charge is 2.49. The number of hydrogen-bond donors (Lipinski definition) is 0. The van der Waals surface area contributed by atoms with Crippen molar-refractivity contribution in [3.63, 3.8) is 0 Å². The topological polar surface area (TPSA) is 88.1 Å². The molecule has 19 heavy (non-hydrogen) atoms. The lowest BCUT2D eigenvalue weighted by Gasteiger charge is -2.25. The zero-order valence-electron chi connectivity index (χ0n) is 10.9. The Morgan fingerprint density at radius 1 is 1.42 bits per heavy atom. The van der Waals surface area contributed by atoms with Crippen LogP contribution in [-0.4, -0.2) is 46.9 Å². The summed E-state index contributed by atoms with van der Waals surface area (Å²) in [5.41, 5.74) is 0. The maximum Gasteiger partial charge on any atom is 0.400 e. The van der Waals surface area contributed by atoms with Crippen LogP contribution in [0.2, 0.25) is 0 Å². The number of esters is 1. The van der Waals surface area contributed by atoms with Crippen LogP contribution in [0.1, 0.15) is 19.8 Å². The van der Waals surface area contributed by atoms with Gasteiger partial charge in [0, 0.05) is 18.9 Å². The van der Waals surface area contributed by atoms with Gasteiger partial charge in [0.25, 0.3) is 0 Å². The Labute approximate surface area is 112 Å². The molecule has 7 nitrogen and oxygen atoms in total. The molecule has 0 amide bonds. The maximum absolute atomic E-state index is 11.5. The van der Waals surface area contributed by atoms with E-state index < -0.39 is 22.6 Å². The number of methoxy groups -OCH3 is 1. The van der Waals surface area contributed by atoms with Crippen LogP contribution in [0.3, 0.4) is 0 Å². The van der Waals surface area contributed by atoms with Gasteiger partial charge in [0.05, 0.1) is 19.6 Å². The van der Waals surface area contributed by atoms with E-state index in [2.05, 4.69) is 0 Å². The van der Waals surface area contributed by atoms with E-state index in [-0.39, 0.29) is 30.8 Å². The van der Waals surface area contributed by atoms with Crippen LogP contribution < -0.4 is 0 Å². The molecule has 0 spiro atoms. The summed E-state index contributed by atoms with van der Waals surface area (Å²) in [6.45, 7) is 2.46. The normalized spacial score (nSPS) is 35.3. The Bertz CT molecular complexity index is 432. The molecule has 2 rings (SSSR count). The van der Waals surface area contributed by atoms with Crippen LogP contribution in [0.25, 0.3) is 0 Å². The molecule has 2 aliphatic heterocycles. The first-order valence-electron chi connectivity index (χ1n) is 6.23. The summed E-state index contributed by atoms with van der Waals surface area (Å²) in [6.07, 6.45) is -0.468. The van der Waals surface area contributed by atoms with Crippen LogP contribution in [-0.2, 0) is 33.0 Å². The number of cyclic esters (lactones) is 1. The molecule has 0 saturated carbocycles. The Morgan fingerprint density at radius 2 is 2.16 bits per heavy atom. The van der Waals surface area contributed by atoms with Crippen molar-refractivity contribution in [2.45, 2.75) is 32.0 Å². The molecule has 0 aliphatic carbocycles. The highest BCUT2D eigenvalue weighted by atomic mass is 32.3. The van der Waals surface area contributed by atoms with Gasteiger partial charge in [-0.2, -0.15) is 8.42 Å². The van der Waals surface area contributed by atoms with E-state index in [0.717, 1.165) is 0 Å². The van der Waals surface area contributed by atoms with Gasteiger partial charge < -0.3 is 9.47 Å². The van der Waals surface area contributed by atoms with Gasteiger partial charge in [0.2, 0.25) is 0 Å². The lowest BCUT2D eigenvalue weighted by molar-refractivity contribution is -0.137. The number of hydrogen-bond acceptors (Lipinski definition) is 7. The van der Waals surface area contributed by atoms with E-state index in [1.807, 2.05) is 6.92 Å². The Hall–Kier alpha value is -0.700. The average molecular weight is 294 g/mol. The molecule has 4 unspecified atom stereocenters. The van der Waals surface area contributed by atoms with Crippen LogP contribution >= 0.6 is 0 Å². The van der Waals surface area contributed by atoms with E-state index in [0.29, 0.717) is 13.0 Å². The fourth-order valence-electron chi connectivity index (χ4n) is 2.50. The molecule has 0 radical (unpaired) electrons. The number of ether oxygens (including phenoxy) is 2. The van der Waals surface area contributed by atoms with Crippen molar-refractivity contribution in [3.05, 3.63) is 0 Å². The minimum atomic E-state index is -4.00. The quantitative estimate of drug-likeness (QED) is 0.671. The van der Waals surface area contributed by atoms with Crippen molar-refractivity contribution < 1.29 is 31.1 Å².